The van der Waals surface area contributed by atoms with Crippen molar-refractivity contribution < 1.29 is 8.78 Å². The van der Waals surface area contributed by atoms with Crippen LogP contribution in [0.15, 0.2) is 29.2 Å². The van der Waals surface area contributed by atoms with E-state index in [-0.39, 0.29) is 0 Å². The van der Waals surface area contributed by atoms with Gasteiger partial charge in [-0.15, -0.1) is 0 Å². The van der Waals surface area contributed by atoms with Crippen molar-refractivity contribution in [3.05, 3.63) is 24.3 Å². The van der Waals surface area contributed by atoms with Crippen LogP contribution in [0.3, 0.4) is 0 Å². The summed E-state index contributed by atoms with van der Waals surface area (Å²) in [6.07, 6.45) is 0. The first-order chi connectivity index (χ1) is 9.09. The van der Waals surface area contributed by atoms with Gasteiger partial charge in [-0.2, -0.15) is 8.78 Å². The zero-order valence-electron chi connectivity index (χ0n) is 11.3. The lowest BCUT2D eigenvalue weighted by Crippen LogP contribution is -2.53. The van der Waals surface area contributed by atoms with E-state index in [4.69, 9.17) is 0 Å². The van der Waals surface area contributed by atoms with Gasteiger partial charge in [-0.05, 0) is 18.1 Å². The Bertz CT molecular complexity index is 412. The molecule has 1 unspecified atom stereocenters. The third-order valence-electron chi connectivity index (χ3n) is 3.44. The van der Waals surface area contributed by atoms with Crippen molar-refractivity contribution in [1.82, 2.24) is 5.32 Å². The molecule has 1 heterocycles. The topological polar surface area (TPSA) is 15.3 Å². The van der Waals surface area contributed by atoms with Crippen molar-refractivity contribution >= 4 is 17.4 Å². The molecule has 0 saturated carbocycles. The summed E-state index contributed by atoms with van der Waals surface area (Å²) in [4.78, 5) is 2.94. The predicted octanol–water partition coefficient (Wildman–Crippen LogP) is 3.44. The number of hydrogen-bond acceptors (Lipinski definition) is 3. The summed E-state index contributed by atoms with van der Waals surface area (Å²) in [6.45, 7) is 7.02. The van der Waals surface area contributed by atoms with Crippen molar-refractivity contribution in [2.75, 3.05) is 24.5 Å². The van der Waals surface area contributed by atoms with E-state index in [1.807, 2.05) is 18.2 Å². The molecule has 0 bridgehead atoms. The summed E-state index contributed by atoms with van der Waals surface area (Å²) in [5, 5.41) is 3.38. The fourth-order valence-corrected chi connectivity index (χ4v) is 3.17. The monoisotopic (exact) mass is 286 g/mol. The molecule has 106 valence electrons. The van der Waals surface area contributed by atoms with Crippen LogP contribution < -0.4 is 10.2 Å². The molecule has 0 aliphatic carbocycles. The smallest absolute Gasteiger partial charge is 0.288 e. The van der Waals surface area contributed by atoms with Crippen LogP contribution in [0.5, 0.6) is 0 Å². The maximum atomic E-state index is 12.7. The Morgan fingerprint density at radius 2 is 2.05 bits per heavy atom. The number of alkyl halides is 2. The van der Waals surface area contributed by atoms with Gasteiger partial charge in [-0.25, -0.2) is 0 Å². The van der Waals surface area contributed by atoms with Crippen LogP contribution in [0.4, 0.5) is 14.5 Å². The highest BCUT2D eigenvalue weighted by Crippen LogP contribution is 2.35. The minimum absolute atomic E-state index is 0.355. The van der Waals surface area contributed by atoms with E-state index in [0.29, 0.717) is 28.6 Å². The largest absolute Gasteiger partial charge is 0.365 e. The van der Waals surface area contributed by atoms with E-state index in [1.54, 1.807) is 6.07 Å². The molecule has 19 heavy (non-hydrogen) atoms. The SMILES string of the molecule is CC(C)C1CNCCN1c1ccccc1SC(F)F. The molecule has 0 amide bonds. The van der Waals surface area contributed by atoms with Gasteiger partial charge in [0.25, 0.3) is 5.76 Å². The lowest BCUT2D eigenvalue weighted by molar-refractivity contribution is 0.252. The van der Waals surface area contributed by atoms with Gasteiger partial charge >= 0.3 is 0 Å². The maximum Gasteiger partial charge on any atom is 0.288 e. The van der Waals surface area contributed by atoms with Crippen LogP contribution in [0, 0.1) is 5.92 Å². The third-order valence-corrected chi connectivity index (χ3v) is 4.22. The summed E-state index contributed by atoms with van der Waals surface area (Å²) in [5.41, 5.74) is 0.938. The van der Waals surface area contributed by atoms with Crippen LogP contribution in [0.1, 0.15) is 13.8 Å². The highest BCUT2D eigenvalue weighted by Gasteiger charge is 2.27. The Morgan fingerprint density at radius 1 is 1.32 bits per heavy atom. The van der Waals surface area contributed by atoms with E-state index in [9.17, 15) is 8.78 Å². The number of thioether (sulfide) groups is 1. The van der Waals surface area contributed by atoms with Gasteiger partial charge in [0, 0.05) is 30.6 Å². The van der Waals surface area contributed by atoms with Gasteiger partial charge in [0.1, 0.15) is 0 Å². The summed E-state index contributed by atoms with van der Waals surface area (Å²) in [6, 6.07) is 7.83. The lowest BCUT2D eigenvalue weighted by Gasteiger charge is -2.41. The van der Waals surface area contributed by atoms with Gasteiger partial charge in [-0.3, -0.25) is 0 Å². The first-order valence-corrected chi connectivity index (χ1v) is 7.48. The fourth-order valence-electron chi connectivity index (χ4n) is 2.51. The average Bonchev–Trinajstić information content (AvgIpc) is 2.38. The summed E-state index contributed by atoms with van der Waals surface area (Å²) in [7, 11) is 0. The lowest BCUT2D eigenvalue weighted by atomic mass is 10.00. The quantitative estimate of drug-likeness (QED) is 0.854. The normalized spacial score (nSPS) is 20.3. The Morgan fingerprint density at radius 3 is 2.74 bits per heavy atom. The summed E-state index contributed by atoms with van der Waals surface area (Å²) >= 11 is 0.637. The Balaban J connectivity index is 2.28. The molecule has 2 rings (SSSR count). The number of anilines is 1. The van der Waals surface area contributed by atoms with Crippen molar-refractivity contribution in [1.29, 1.82) is 0 Å². The molecule has 1 saturated heterocycles. The first kappa shape index (κ1) is 14.6. The first-order valence-electron chi connectivity index (χ1n) is 6.61. The maximum absolute atomic E-state index is 12.7. The van der Waals surface area contributed by atoms with Gasteiger partial charge in [0.05, 0.1) is 5.69 Å². The number of nitrogens with zero attached hydrogens (tertiary/aromatic N) is 1. The zero-order chi connectivity index (χ0) is 13.8. The highest BCUT2D eigenvalue weighted by molar-refractivity contribution is 7.99. The molecule has 5 heteroatoms. The van der Waals surface area contributed by atoms with Crippen LogP contribution in [-0.2, 0) is 0 Å². The molecular formula is C14H20F2N2S. The molecule has 1 aliphatic heterocycles. The standard InChI is InChI=1S/C14H20F2N2S/c1-10(2)12-9-17-7-8-18(12)11-5-3-4-6-13(11)19-14(15)16/h3-6,10,12,14,17H,7-9H2,1-2H3. The second-order valence-corrected chi connectivity index (χ2v) is 6.09. The molecule has 1 aromatic rings. The van der Waals surface area contributed by atoms with Gasteiger partial charge < -0.3 is 10.2 Å². The van der Waals surface area contributed by atoms with Crippen LogP contribution in [-0.4, -0.2) is 31.4 Å². The molecule has 0 aromatic heterocycles. The number of piperazine rings is 1. The minimum atomic E-state index is -2.37. The Labute approximate surface area is 117 Å². The van der Waals surface area contributed by atoms with Crippen LogP contribution >= 0.6 is 11.8 Å². The number of halogens is 2. The number of hydrogen-bond donors (Lipinski definition) is 1. The van der Waals surface area contributed by atoms with Crippen molar-refractivity contribution in [2.24, 2.45) is 5.92 Å². The number of nitrogens with one attached hydrogen (secondary N) is 1. The Kier molecular flexibility index (Phi) is 5.05. The van der Waals surface area contributed by atoms with E-state index >= 15 is 0 Å². The predicted molar refractivity (Wildman–Crippen MR) is 77.1 cm³/mol. The second-order valence-electron chi connectivity index (χ2n) is 5.06. The molecule has 1 fully saturated rings. The van der Waals surface area contributed by atoms with Crippen LogP contribution in [0.25, 0.3) is 0 Å². The molecule has 1 aromatic carbocycles. The zero-order valence-corrected chi connectivity index (χ0v) is 12.1. The van der Waals surface area contributed by atoms with Crippen molar-refractivity contribution in [3.8, 4) is 0 Å². The van der Waals surface area contributed by atoms with E-state index < -0.39 is 5.76 Å². The van der Waals surface area contributed by atoms with Crippen LogP contribution in [0.2, 0.25) is 0 Å². The highest BCUT2D eigenvalue weighted by atomic mass is 32.2. The number of rotatable bonds is 4. The molecule has 0 radical (unpaired) electrons. The molecular weight excluding hydrogens is 266 g/mol. The number of benzene rings is 1. The molecule has 1 aliphatic rings. The molecule has 1 N–H and O–H groups in total. The van der Waals surface area contributed by atoms with Gasteiger partial charge in [-0.1, -0.05) is 37.7 Å². The van der Waals surface area contributed by atoms with E-state index in [2.05, 4.69) is 24.1 Å². The fraction of sp³-hybridized carbons (Fsp3) is 0.571. The Hall–Kier alpha value is -0.810. The summed E-state index contributed by atoms with van der Waals surface area (Å²) in [5.74, 6) is -1.89. The minimum Gasteiger partial charge on any atom is -0.365 e. The summed E-state index contributed by atoms with van der Waals surface area (Å²) < 4.78 is 25.3. The molecule has 2 nitrogen and oxygen atoms in total. The average molecular weight is 286 g/mol. The van der Waals surface area contributed by atoms with Crippen molar-refractivity contribution in [2.45, 2.75) is 30.5 Å². The molecule has 0 spiro atoms. The van der Waals surface area contributed by atoms with E-state index in [1.165, 1.54) is 0 Å². The van der Waals surface area contributed by atoms with E-state index in [0.717, 1.165) is 25.3 Å². The van der Waals surface area contributed by atoms with Gasteiger partial charge in [0.2, 0.25) is 0 Å². The van der Waals surface area contributed by atoms with Gasteiger partial charge in [0.15, 0.2) is 0 Å². The third kappa shape index (κ3) is 3.60. The number of para-hydroxylation sites is 1. The second kappa shape index (κ2) is 6.57. The molecule has 1 atom stereocenters. The van der Waals surface area contributed by atoms with Crippen molar-refractivity contribution in [3.63, 3.8) is 0 Å².